The highest BCUT2D eigenvalue weighted by Gasteiger charge is 2.26. The summed E-state index contributed by atoms with van der Waals surface area (Å²) in [5.41, 5.74) is 0.372. The standard InChI is InChI=1S/C13H18N2O4S/c1-10-5-3-4-8-14(10)12-7-6-11(20(2,18)19)9-13(12)15(16)17/h6-7,9-10H,3-5,8H2,1-2H3. The molecule has 1 heterocycles. The van der Waals surface area contributed by atoms with E-state index in [1.807, 2.05) is 11.8 Å². The highest BCUT2D eigenvalue weighted by molar-refractivity contribution is 7.90. The van der Waals surface area contributed by atoms with Crippen molar-refractivity contribution in [2.45, 2.75) is 37.1 Å². The molecule has 20 heavy (non-hydrogen) atoms. The van der Waals surface area contributed by atoms with E-state index < -0.39 is 14.8 Å². The molecular weight excluding hydrogens is 280 g/mol. The van der Waals surface area contributed by atoms with Crippen LogP contribution in [-0.2, 0) is 9.84 Å². The second kappa shape index (κ2) is 5.40. The summed E-state index contributed by atoms with van der Waals surface area (Å²) in [6.45, 7) is 2.80. The average Bonchev–Trinajstić information content (AvgIpc) is 2.37. The van der Waals surface area contributed by atoms with Crippen LogP contribution in [0.4, 0.5) is 11.4 Å². The van der Waals surface area contributed by atoms with Crippen molar-refractivity contribution in [3.63, 3.8) is 0 Å². The molecule has 0 aliphatic carbocycles. The number of rotatable bonds is 3. The third kappa shape index (κ3) is 2.92. The van der Waals surface area contributed by atoms with Gasteiger partial charge in [-0.2, -0.15) is 0 Å². The lowest BCUT2D eigenvalue weighted by Gasteiger charge is -2.35. The van der Waals surface area contributed by atoms with Crippen molar-refractivity contribution >= 4 is 21.2 Å². The van der Waals surface area contributed by atoms with E-state index in [1.165, 1.54) is 6.07 Å². The van der Waals surface area contributed by atoms with E-state index in [-0.39, 0.29) is 16.6 Å². The summed E-state index contributed by atoms with van der Waals surface area (Å²) in [5, 5.41) is 11.2. The Bertz CT molecular complexity index is 627. The van der Waals surface area contributed by atoms with Crippen molar-refractivity contribution in [3.8, 4) is 0 Å². The molecule has 0 radical (unpaired) electrons. The fourth-order valence-corrected chi connectivity index (χ4v) is 3.22. The molecule has 1 aromatic carbocycles. The largest absolute Gasteiger partial charge is 0.363 e. The molecule has 0 aromatic heterocycles. The Morgan fingerprint density at radius 2 is 2.05 bits per heavy atom. The van der Waals surface area contributed by atoms with Crippen LogP contribution in [0.25, 0.3) is 0 Å². The minimum atomic E-state index is -3.44. The summed E-state index contributed by atoms with van der Waals surface area (Å²) >= 11 is 0. The first-order chi connectivity index (χ1) is 9.30. The van der Waals surface area contributed by atoms with Gasteiger partial charge in [-0.25, -0.2) is 8.42 Å². The van der Waals surface area contributed by atoms with Crippen LogP contribution >= 0.6 is 0 Å². The van der Waals surface area contributed by atoms with Crippen LogP contribution in [0.1, 0.15) is 26.2 Å². The van der Waals surface area contributed by atoms with E-state index in [0.717, 1.165) is 38.1 Å². The number of benzene rings is 1. The monoisotopic (exact) mass is 298 g/mol. The van der Waals surface area contributed by atoms with E-state index in [2.05, 4.69) is 0 Å². The Kier molecular flexibility index (Phi) is 3.99. The number of anilines is 1. The van der Waals surface area contributed by atoms with Crippen molar-refractivity contribution in [2.75, 3.05) is 17.7 Å². The van der Waals surface area contributed by atoms with E-state index in [1.54, 1.807) is 6.07 Å². The summed E-state index contributed by atoms with van der Waals surface area (Å²) in [4.78, 5) is 12.7. The Balaban J connectivity index is 2.50. The third-order valence-electron chi connectivity index (χ3n) is 3.68. The molecule has 0 N–H and O–H groups in total. The molecule has 0 spiro atoms. The van der Waals surface area contributed by atoms with Crippen molar-refractivity contribution in [3.05, 3.63) is 28.3 Å². The number of hydrogen-bond donors (Lipinski definition) is 0. The van der Waals surface area contributed by atoms with Gasteiger partial charge in [-0.3, -0.25) is 10.1 Å². The van der Waals surface area contributed by atoms with Crippen LogP contribution in [-0.4, -0.2) is 32.2 Å². The van der Waals surface area contributed by atoms with Crippen molar-refractivity contribution in [2.24, 2.45) is 0 Å². The maximum absolute atomic E-state index is 11.5. The lowest BCUT2D eigenvalue weighted by molar-refractivity contribution is -0.384. The molecule has 0 amide bonds. The van der Waals surface area contributed by atoms with Crippen LogP contribution in [0.2, 0.25) is 0 Å². The number of nitro benzene ring substituents is 1. The highest BCUT2D eigenvalue weighted by Crippen LogP contribution is 2.34. The molecule has 7 heteroatoms. The van der Waals surface area contributed by atoms with Crippen LogP contribution in [0.3, 0.4) is 0 Å². The quantitative estimate of drug-likeness (QED) is 0.632. The Morgan fingerprint density at radius 1 is 1.35 bits per heavy atom. The lowest BCUT2D eigenvalue weighted by atomic mass is 10.0. The summed E-state index contributed by atoms with van der Waals surface area (Å²) in [6.07, 6.45) is 4.16. The van der Waals surface area contributed by atoms with Gasteiger partial charge >= 0.3 is 0 Å². The maximum Gasteiger partial charge on any atom is 0.293 e. The first-order valence-corrected chi connectivity index (χ1v) is 8.45. The fourth-order valence-electron chi connectivity index (χ4n) is 2.58. The molecule has 110 valence electrons. The molecule has 1 atom stereocenters. The number of hydrogen-bond acceptors (Lipinski definition) is 5. The number of sulfone groups is 1. The Morgan fingerprint density at radius 3 is 2.60 bits per heavy atom. The van der Waals surface area contributed by atoms with Crippen LogP contribution in [0.5, 0.6) is 0 Å². The zero-order valence-electron chi connectivity index (χ0n) is 11.6. The molecule has 1 fully saturated rings. The summed E-state index contributed by atoms with van der Waals surface area (Å²) < 4.78 is 23.0. The van der Waals surface area contributed by atoms with Crippen LogP contribution in [0.15, 0.2) is 23.1 Å². The van der Waals surface area contributed by atoms with Gasteiger partial charge in [-0.15, -0.1) is 0 Å². The molecular formula is C13H18N2O4S. The number of piperidine rings is 1. The van der Waals surface area contributed by atoms with E-state index in [4.69, 9.17) is 0 Å². The Hall–Kier alpha value is -1.63. The topological polar surface area (TPSA) is 80.5 Å². The van der Waals surface area contributed by atoms with Gasteiger partial charge in [-0.1, -0.05) is 0 Å². The first-order valence-electron chi connectivity index (χ1n) is 6.56. The van der Waals surface area contributed by atoms with E-state index in [9.17, 15) is 18.5 Å². The normalized spacial score (nSPS) is 19.9. The molecule has 1 aromatic rings. The van der Waals surface area contributed by atoms with Crippen molar-refractivity contribution in [1.82, 2.24) is 0 Å². The average molecular weight is 298 g/mol. The predicted octanol–water partition coefficient (Wildman–Crippen LogP) is 2.38. The smallest absolute Gasteiger partial charge is 0.293 e. The van der Waals surface area contributed by atoms with Gasteiger partial charge in [0.05, 0.1) is 9.82 Å². The van der Waals surface area contributed by atoms with E-state index in [0.29, 0.717) is 5.69 Å². The molecule has 1 aliphatic heterocycles. The fraction of sp³-hybridized carbons (Fsp3) is 0.538. The molecule has 1 aliphatic rings. The van der Waals surface area contributed by atoms with Crippen LogP contribution in [0, 0.1) is 10.1 Å². The summed E-state index contributed by atoms with van der Waals surface area (Å²) in [6, 6.07) is 4.38. The van der Waals surface area contributed by atoms with Crippen LogP contribution < -0.4 is 4.90 Å². The number of nitrogens with zero attached hydrogens (tertiary/aromatic N) is 2. The Labute approximate surface area is 118 Å². The van der Waals surface area contributed by atoms with Gasteiger partial charge in [-0.05, 0) is 38.3 Å². The molecule has 1 unspecified atom stereocenters. The summed E-state index contributed by atoms with van der Waals surface area (Å²) in [5.74, 6) is 0. The molecule has 2 rings (SSSR count). The van der Waals surface area contributed by atoms with Crippen molar-refractivity contribution < 1.29 is 13.3 Å². The highest BCUT2D eigenvalue weighted by atomic mass is 32.2. The zero-order valence-corrected chi connectivity index (χ0v) is 12.4. The molecule has 1 saturated heterocycles. The second-order valence-electron chi connectivity index (χ2n) is 5.22. The number of nitro groups is 1. The van der Waals surface area contributed by atoms with Gasteiger partial charge < -0.3 is 4.90 Å². The zero-order chi connectivity index (χ0) is 14.9. The van der Waals surface area contributed by atoms with Gasteiger partial charge in [0.25, 0.3) is 5.69 Å². The van der Waals surface area contributed by atoms with Gasteiger partial charge in [0.2, 0.25) is 0 Å². The minimum absolute atomic E-state index is 0.0161. The third-order valence-corrected chi connectivity index (χ3v) is 4.79. The SMILES string of the molecule is CC1CCCCN1c1ccc(S(C)(=O)=O)cc1[N+](=O)[O-]. The van der Waals surface area contributed by atoms with Gasteiger partial charge in [0, 0.05) is 24.9 Å². The second-order valence-corrected chi connectivity index (χ2v) is 7.23. The van der Waals surface area contributed by atoms with E-state index >= 15 is 0 Å². The maximum atomic E-state index is 11.5. The molecule has 0 saturated carbocycles. The first kappa shape index (κ1) is 14.8. The predicted molar refractivity (Wildman–Crippen MR) is 76.9 cm³/mol. The van der Waals surface area contributed by atoms with Gasteiger partial charge in [0.1, 0.15) is 5.69 Å². The summed E-state index contributed by atoms with van der Waals surface area (Å²) in [7, 11) is -3.44. The minimum Gasteiger partial charge on any atom is -0.363 e. The van der Waals surface area contributed by atoms with Gasteiger partial charge in [0.15, 0.2) is 9.84 Å². The van der Waals surface area contributed by atoms with Crippen molar-refractivity contribution in [1.29, 1.82) is 0 Å². The molecule has 6 nitrogen and oxygen atoms in total. The molecule has 0 bridgehead atoms. The lowest BCUT2D eigenvalue weighted by Crippen LogP contribution is -2.37.